The zero-order valence-electron chi connectivity index (χ0n) is 25.7. The van der Waals surface area contributed by atoms with E-state index in [1.807, 2.05) is 0 Å². The van der Waals surface area contributed by atoms with Crippen molar-refractivity contribution < 1.29 is 32.3 Å². The molecule has 0 unspecified atom stereocenters. The maximum absolute atomic E-state index is 13.4. The Morgan fingerprint density at radius 2 is 1.51 bits per heavy atom. The first-order chi connectivity index (χ1) is 22.5. The molecule has 0 saturated carbocycles. The van der Waals surface area contributed by atoms with Crippen LogP contribution < -0.4 is 37.9 Å². The minimum absolute atomic E-state index is 0.0782. The number of alkyl halides is 3. The number of amides is 3. The molecule has 0 radical (unpaired) electrons. The van der Waals surface area contributed by atoms with Crippen LogP contribution in [0.25, 0.3) is 0 Å². The van der Waals surface area contributed by atoms with Crippen LogP contribution in [-0.2, 0) is 28.9 Å². The lowest BCUT2D eigenvalue weighted by atomic mass is 10.1. The van der Waals surface area contributed by atoms with Crippen LogP contribution in [0.5, 0.6) is 5.75 Å². The molecule has 0 aliphatic heterocycles. The molecule has 1 heterocycles. The molecule has 3 aromatic rings. The first-order valence-electron chi connectivity index (χ1n) is 15.0. The number of hydrogen-bond donors (Lipinski definition) is 6. The van der Waals surface area contributed by atoms with E-state index in [2.05, 4.69) is 20.9 Å². The Kier molecular flexibility index (Phi) is 14.5. The van der Waals surface area contributed by atoms with Crippen molar-refractivity contribution >= 4 is 35.0 Å². The maximum atomic E-state index is 13.4. The average molecular weight is 676 g/mol. The quantitative estimate of drug-likeness (QED) is 0.0677. The second-order valence-corrected chi connectivity index (χ2v) is 11.6. The van der Waals surface area contributed by atoms with Crippen LogP contribution in [0, 0.1) is 0 Å². The van der Waals surface area contributed by atoms with E-state index in [0.29, 0.717) is 48.4 Å². The van der Waals surface area contributed by atoms with E-state index < -0.39 is 41.5 Å². The molecule has 1 aromatic heterocycles. The summed E-state index contributed by atoms with van der Waals surface area (Å²) < 4.78 is 44.0. The van der Waals surface area contributed by atoms with E-state index in [0.717, 1.165) is 17.7 Å². The van der Waals surface area contributed by atoms with E-state index in [9.17, 15) is 27.6 Å². The summed E-state index contributed by atoms with van der Waals surface area (Å²) in [4.78, 5) is 43.7. The van der Waals surface area contributed by atoms with Crippen LogP contribution in [0.3, 0.4) is 0 Å². The molecule has 47 heavy (non-hydrogen) atoms. The summed E-state index contributed by atoms with van der Waals surface area (Å²) in [6.45, 7) is 0.944. The Balaban J connectivity index is 1.58. The van der Waals surface area contributed by atoms with Crippen LogP contribution in [-0.4, -0.2) is 48.9 Å². The molecule has 3 rings (SSSR count). The average Bonchev–Trinajstić information content (AvgIpc) is 3.59. The van der Waals surface area contributed by atoms with Gasteiger partial charge in [-0.3, -0.25) is 19.4 Å². The number of hydrogen-bond acceptors (Lipinski definition) is 7. The summed E-state index contributed by atoms with van der Waals surface area (Å²) in [6.07, 6.45) is -2.16. The molecule has 2 atom stereocenters. The highest BCUT2D eigenvalue weighted by molar-refractivity contribution is 7.12. The van der Waals surface area contributed by atoms with Gasteiger partial charge in [-0.1, -0.05) is 30.3 Å². The third kappa shape index (κ3) is 12.9. The first-order valence-corrected chi connectivity index (χ1v) is 15.9. The van der Waals surface area contributed by atoms with Crippen LogP contribution in [0.4, 0.5) is 13.2 Å². The molecule has 9 N–H and O–H groups in total. The second-order valence-electron chi connectivity index (χ2n) is 10.6. The van der Waals surface area contributed by atoms with Gasteiger partial charge in [0.1, 0.15) is 24.4 Å². The van der Waals surface area contributed by atoms with Gasteiger partial charge in [-0.2, -0.15) is 13.2 Å². The number of carbonyl (C=O) groups excluding carboxylic acids is 3. The first kappa shape index (κ1) is 36.8. The molecule has 0 spiro atoms. The second kappa shape index (κ2) is 18.5. The largest absolute Gasteiger partial charge is 0.489 e. The summed E-state index contributed by atoms with van der Waals surface area (Å²) in [6, 6.07) is 13.2. The Morgan fingerprint density at radius 3 is 2.13 bits per heavy atom. The van der Waals surface area contributed by atoms with Gasteiger partial charge in [-0.15, -0.1) is 11.3 Å². The van der Waals surface area contributed by atoms with Gasteiger partial charge in [0.15, 0.2) is 5.96 Å². The van der Waals surface area contributed by atoms with Crippen molar-refractivity contribution in [2.75, 3.05) is 13.1 Å². The number of nitrogens with zero attached hydrogens (tertiary/aromatic N) is 1. The molecule has 11 nitrogen and oxygen atoms in total. The van der Waals surface area contributed by atoms with Crippen LogP contribution in [0.2, 0.25) is 0 Å². The standard InChI is InChI=1S/C32H40F3N7O4S/c33-32(34,35)23-12-8-22(9-13-23)20-46-24-14-10-21(11-15-24)19-40-28(43)25(5-1-2-16-36)41-29(44)26(6-3-17-39-31(37)38)42-30(45)27-7-4-18-47-27/h4,7-15,18,25-26H,1-3,5-6,16-17,19-20,36H2,(H,40,43)(H,41,44)(H,42,45)(H4,37,38,39)/t25-,26-/m0/s1. The predicted molar refractivity (Wildman–Crippen MR) is 174 cm³/mol. The van der Waals surface area contributed by atoms with E-state index >= 15 is 0 Å². The number of benzene rings is 2. The lowest BCUT2D eigenvalue weighted by molar-refractivity contribution is -0.137. The van der Waals surface area contributed by atoms with E-state index in [1.165, 1.54) is 23.5 Å². The van der Waals surface area contributed by atoms with Gasteiger partial charge in [-0.25, -0.2) is 0 Å². The number of halogens is 3. The lowest BCUT2D eigenvalue weighted by Crippen LogP contribution is -2.53. The van der Waals surface area contributed by atoms with Crippen molar-refractivity contribution in [2.24, 2.45) is 22.2 Å². The van der Waals surface area contributed by atoms with Crippen molar-refractivity contribution in [3.05, 3.63) is 87.6 Å². The summed E-state index contributed by atoms with van der Waals surface area (Å²) >= 11 is 1.24. The highest BCUT2D eigenvalue weighted by Crippen LogP contribution is 2.29. The van der Waals surface area contributed by atoms with Gasteiger partial charge in [0, 0.05) is 13.1 Å². The van der Waals surface area contributed by atoms with Crippen LogP contribution in [0.15, 0.2) is 71.0 Å². The predicted octanol–water partition coefficient (Wildman–Crippen LogP) is 3.43. The molecule has 2 aromatic carbocycles. The Hall–Kier alpha value is -4.63. The fourth-order valence-corrected chi connectivity index (χ4v) is 5.04. The number of thiophene rings is 1. The van der Waals surface area contributed by atoms with E-state index in [1.54, 1.807) is 41.8 Å². The molecule has 0 saturated heterocycles. The molecular formula is C32H40F3N7O4S. The van der Waals surface area contributed by atoms with Crippen molar-refractivity contribution in [1.29, 1.82) is 0 Å². The molecule has 254 valence electrons. The van der Waals surface area contributed by atoms with Gasteiger partial charge >= 0.3 is 6.18 Å². The number of nitrogens with one attached hydrogen (secondary N) is 3. The smallest absolute Gasteiger partial charge is 0.416 e. The number of nitrogens with two attached hydrogens (primary N) is 3. The number of carbonyl (C=O) groups is 3. The Morgan fingerprint density at radius 1 is 0.851 bits per heavy atom. The molecule has 15 heteroatoms. The zero-order valence-corrected chi connectivity index (χ0v) is 26.5. The lowest BCUT2D eigenvalue weighted by Gasteiger charge is -2.23. The van der Waals surface area contributed by atoms with Gasteiger partial charge in [-0.05, 0) is 85.5 Å². The molecular weight excluding hydrogens is 635 g/mol. The monoisotopic (exact) mass is 675 g/mol. The number of rotatable bonds is 18. The van der Waals surface area contributed by atoms with E-state index in [-0.39, 0.29) is 32.1 Å². The van der Waals surface area contributed by atoms with Crippen molar-refractivity contribution in [3.63, 3.8) is 0 Å². The number of aliphatic imine (C=N–C) groups is 1. The summed E-state index contributed by atoms with van der Waals surface area (Å²) in [5.41, 5.74) is 17.0. The number of guanidine groups is 1. The van der Waals surface area contributed by atoms with E-state index in [4.69, 9.17) is 21.9 Å². The van der Waals surface area contributed by atoms with Gasteiger partial charge in [0.05, 0.1) is 10.4 Å². The molecule has 0 aliphatic rings. The van der Waals surface area contributed by atoms with Gasteiger partial charge in [0.25, 0.3) is 5.91 Å². The highest BCUT2D eigenvalue weighted by atomic mass is 32.1. The summed E-state index contributed by atoms with van der Waals surface area (Å²) in [5.74, 6) is -0.894. The van der Waals surface area contributed by atoms with Gasteiger partial charge in [0.2, 0.25) is 11.8 Å². The normalized spacial score (nSPS) is 12.4. The molecule has 0 bridgehead atoms. The molecule has 0 aliphatic carbocycles. The van der Waals surface area contributed by atoms with Crippen LogP contribution >= 0.6 is 11.3 Å². The summed E-state index contributed by atoms with van der Waals surface area (Å²) in [5, 5.41) is 10.1. The molecule has 3 amide bonds. The minimum atomic E-state index is -4.40. The minimum Gasteiger partial charge on any atom is -0.489 e. The number of ether oxygens (including phenoxy) is 1. The van der Waals surface area contributed by atoms with Gasteiger partial charge < -0.3 is 37.9 Å². The Labute approximate surface area is 275 Å². The third-order valence-corrected chi connectivity index (χ3v) is 7.84. The molecule has 0 fully saturated rings. The summed E-state index contributed by atoms with van der Waals surface area (Å²) in [7, 11) is 0. The van der Waals surface area contributed by atoms with Crippen molar-refractivity contribution in [2.45, 2.75) is 63.5 Å². The zero-order chi connectivity index (χ0) is 34.2. The highest BCUT2D eigenvalue weighted by Gasteiger charge is 2.30. The van der Waals surface area contributed by atoms with Crippen LogP contribution in [0.1, 0.15) is 58.5 Å². The fraction of sp³-hybridized carbons (Fsp3) is 0.375. The SMILES string of the molecule is NCCCC[C@H](NC(=O)[C@H](CCCN=C(N)N)NC(=O)c1cccs1)C(=O)NCc1ccc(OCc2ccc(C(F)(F)F)cc2)cc1. The number of unbranched alkanes of at least 4 members (excludes halogenated alkanes) is 1. The topological polar surface area (TPSA) is 187 Å². The van der Waals surface area contributed by atoms with Crippen molar-refractivity contribution in [3.8, 4) is 5.75 Å². The van der Waals surface area contributed by atoms with Crippen molar-refractivity contribution in [1.82, 2.24) is 16.0 Å². The maximum Gasteiger partial charge on any atom is 0.416 e. The third-order valence-electron chi connectivity index (χ3n) is 6.97. The Bertz CT molecular complexity index is 1450. The fourth-order valence-electron chi connectivity index (χ4n) is 4.42.